The van der Waals surface area contributed by atoms with Crippen molar-refractivity contribution >= 4 is 23.2 Å². The van der Waals surface area contributed by atoms with Gasteiger partial charge in [-0.3, -0.25) is 19.2 Å². The monoisotopic (exact) mass is 373 g/mol. The summed E-state index contributed by atoms with van der Waals surface area (Å²) in [6.45, 7) is -2.92. The van der Waals surface area contributed by atoms with E-state index in [1.54, 1.807) is 30.4 Å². The van der Waals surface area contributed by atoms with E-state index in [0.29, 0.717) is 12.0 Å². The number of hydrogen-bond donors (Lipinski definition) is 2. The number of nitro groups is 1. The van der Waals surface area contributed by atoms with Crippen LogP contribution in [0.1, 0.15) is 18.9 Å². The van der Waals surface area contributed by atoms with Gasteiger partial charge >= 0.3 is 6.80 Å². The highest BCUT2D eigenvalue weighted by Crippen LogP contribution is 2.51. The summed E-state index contributed by atoms with van der Waals surface area (Å²) in [7, 11) is -3.04. The van der Waals surface area contributed by atoms with Crippen LogP contribution in [-0.2, 0) is 25.2 Å². The molecule has 1 aromatic rings. The molecule has 1 aliphatic rings. The van der Waals surface area contributed by atoms with Crippen molar-refractivity contribution in [2.45, 2.75) is 24.9 Å². The van der Waals surface area contributed by atoms with Gasteiger partial charge in [-0.2, -0.15) is 0 Å². The zero-order valence-electron chi connectivity index (χ0n) is 12.6. The van der Waals surface area contributed by atoms with E-state index >= 15 is 0 Å². The highest BCUT2D eigenvalue weighted by molar-refractivity contribution is 8.42. The van der Waals surface area contributed by atoms with Crippen LogP contribution in [0.5, 0.6) is 0 Å². The molecule has 1 aromatic carbocycles. The summed E-state index contributed by atoms with van der Waals surface area (Å²) in [5.41, 5.74) is -0.339. The van der Waals surface area contributed by atoms with Gasteiger partial charge in [0, 0.05) is 17.5 Å². The molecule has 0 amide bonds. The molecule has 0 spiro atoms. The minimum atomic E-state index is -4.74. The van der Waals surface area contributed by atoms with Crippen LogP contribution in [0.2, 0.25) is 0 Å². The molecular weight excluding hydrogens is 357 g/mol. The molecule has 4 atom stereocenters. The Labute approximate surface area is 140 Å². The van der Waals surface area contributed by atoms with Crippen molar-refractivity contribution in [1.29, 1.82) is 0 Å². The summed E-state index contributed by atoms with van der Waals surface area (Å²) in [5.74, 6) is 0. The summed E-state index contributed by atoms with van der Waals surface area (Å²) in [4.78, 5) is 19.8. The smallest absolute Gasteiger partial charge is 0.313 e. The highest BCUT2D eigenvalue weighted by Gasteiger charge is 2.43. The van der Waals surface area contributed by atoms with E-state index in [1.807, 2.05) is 6.92 Å². The normalized spacial score (nSPS) is 26.7. The van der Waals surface area contributed by atoms with Gasteiger partial charge in [0.15, 0.2) is 0 Å². The Morgan fingerprint density at radius 2 is 2.00 bits per heavy atom. The second kappa shape index (κ2) is 7.08. The summed E-state index contributed by atoms with van der Waals surface area (Å²) >= 11 is 0. The van der Waals surface area contributed by atoms with Crippen LogP contribution in [0.4, 0.5) is 5.69 Å². The number of rotatable bonds is 6. The molecule has 24 heavy (non-hydrogen) atoms. The van der Waals surface area contributed by atoms with Crippen molar-refractivity contribution in [3.63, 3.8) is 0 Å². The zero-order valence-corrected chi connectivity index (χ0v) is 14.4. The van der Waals surface area contributed by atoms with Crippen LogP contribution >= 0.6 is 6.80 Å². The fourth-order valence-electron chi connectivity index (χ4n) is 2.65. The Hall–Kier alpha value is -1.64. The molecular formula is C14H16NO7PS. The fourth-order valence-corrected chi connectivity index (χ4v) is 3.76. The maximum absolute atomic E-state index is 11.8. The second-order valence-electron chi connectivity index (χ2n) is 5.17. The first-order valence-corrected chi connectivity index (χ1v) is 10.3. The molecule has 0 aromatic heterocycles. The molecule has 0 bridgehead atoms. The average Bonchev–Trinajstić information content (AvgIpc) is 2.55. The maximum Gasteiger partial charge on any atom is 0.442 e. The largest absolute Gasteiger partial charge is 0.442 e. The quantitative estimate of drug-likeness (QED) is 0.339. The number of non-ortho nitro benzene ring substituents is 1. The Morgan fingerprint density at radius 3 is 2.50 bits per heavy atom. The Morgan fingerprint density at radius 1 is 1.38 bits per heavy atom. The van der Waals surface area contributed by atoms with Crippen LogP contribution < -0.4 is 0 Å². The van der Waals surface area contributed by atoms with Crippen molar-refractivity contribution in [3.8, 4) is 0 Å². The van der Waals surface area contributed by atoms with Gasteiger partial charge in [0.05, 0.1) is 11.0 Å². The molecule has 2 rings (SSSR count). The number of allylic oxidation sites excluding steroid dienone is 2. The van der Waals surface area contributed by atoms with Crippen molar-refractivity contribution in [2.24, 2.45) is 0 Å². The van der Waals surface area contributed by atoms with E-state index < -0.39 is 33.9 Å². The summed E-state index contributed by atoms with van der Waals surface area (Å²) < 4.78 is 36.8. The van der Waals surface area contributed by atoms with Gasteiger partial charge in [-0.05, 0) is 12.0 Å². The van der Waals surface area contributed by atoms with E-state index in [9.17, 15) is 23.8 Å². The number of benzene rings is 1. The van der Waals surface area contributed by atoms with E-state index in [4.69, 9.17) is 9.08 Å². The Kier molecular flexibility index (Phi) is 5.52. The van der Waals surface area contributed by atoms with Crippen molar-refractivity contribution in [2.75, 3.05) is 0 Å². The minimum absolute atomic E-state index is 0.0814. The lowest BCUT2D eigenvalue weighted by Crippen LogP contribution is -2.39. The molecule has 0 aliphatic heterocycles. The molecule has 0 fully saturated rings. The van der Waals surface area contributed by atoms with E-state index in [1.165, 1.54) is 18.2 Å². The predicted octanol–water partition coefficient (Wildman–Crippen LogP) is 3.08. The van der Waals surface area contributed by atoms with E-state index in [-0.39, 0.29) is 5.69 Å². The van der Waals surface area contributed by atoms with E-state index in [0.717, 1.165) is 0 Å². The molecule has 0 saturated heterocycles. The van der Waals surface area contributed by atoms with Gasteiger partial charge in [0.25, 0.3) is 16.4 Å². The summed E-state index contributed by atoms with van der Waals surface area (Å²) in [6.07, 6.45) is 6.06. The average molecular weight is 373 g/mol. The topological polar surface area (TPSA) is 127 Å². The Balaban J connectivity index is 2.45. The molecule has 10 heteroatoms. The lowest BCUT2D eigenvalue weighted by atomic mass is 9.71. The van der Waals surface area contributed by atoms with Crippen LogP contribution in [0.25, 0.3) is 0 Å². The van der Waals surface area contributed by atoms with Crippen LogP contribution in [0.15, 0.2) is 48.6 Å². The molecule has 2 N–H and O–H groups in total. The number of hydrogen-bond acceptors (Lipinski definition) is 5. The third kappa shape index (κ3) is 3.55. The first-order chi connectivity index (χ1) is 11.2. The standard InChI is InChI=1S/C14H16NO7PS/c1-2-14(11-6-8-12(9-7-11)15(16)17)10-4-3-5-13(14)22-23(18,19)24(20)21/h3-10,13H,2H2,1H3,(H,18,19)(H,20,21). The number of nitro benzene ring substituents is 1. The van der Waals surface area contributed by atoms with Crippen LogP contribution in [0.3, 0.4) is 0 Å². The van der Waals surface area contributed by atoms with Crippen molar-refractivity contribution < 1.29 is 27.7 Å². The van der Waals surface area contributed by atoms with E-state index in [2.05, 4.69) is 0 Å². The molecule has 1 aliphatic carbocycles. The maximum atomic E-state index is 11.8. The van der Waals surface area contributed by atoms with Crippen LogP contribution in [-0.4, -0.2) is 24.7 Å². The molecule has 130 valence electrons. The first-order valence-electron chi connectivity index (χ1n) is 6.96. The number of nitrogens with zero attached hydrogens (tertiary/aromatic N) is 1. The molecule has 0 radical (unpaired) electrons. The molecule has 8 nitrogen and oxygen atoms in total. The van der Waals surface area contributed by atoms with Gasteiger partial charge in [0.1, 0.15) is 0 Å². The summed E-state index contributed by atoms with van der Waals surface area (Å²) in [5, 5.41) is 10.8. The third-order valence-electron chi connectivity index (χ3n) is 3.94. The molecule has 4 unspecified atom stereocenters. The molecule has 0 saturated carbocycles. The lowest BCUT2D eigenvalue weighted by molar-refractivity contribution is -0.384. The lowest BCUT2D eigenvalue weighted by Gasteiger charge is -2.38. The highest BCUT2D eigenvalue weighted by atomic mass is 32.8. The van der Waals surface area contributed by atoms with Gasteiger partial charge in [-0.1, -0.05) is 43.4 Å². The van der Waals surface area contributed by atoms with Gasteiger partial charge < -0.3 is 4.89 Å². The molecule has 0 heterocycles. The van der Waals surface area contributed by atoms with Gasteiger partial charge in [-0.15, -0.1) is 0 Å². The predicted molar refractivity (Wildman–Crippen MR) is 88.8 cm³/mol. The third-order valence-corrected chi connectivity index (χ3v) is 6.27. The SMILES string of the molecule is CCC1(c2ccc([N+](=O)[O-])cc2)C=CC=CC1OP(=O)(O)S(=O)O. The van der Waals surface area contributed by atoms with Crippen LogP contribution in [0, 0.1) is 10.1 Å². The Bertz CT molecular complexity index is 761. The first kappa shape index (κ1) is 18.7. The summed E-state index contributed by atoms with van der Waals surface area (Å²) in [6, 6.07) is 5.75. The van der Waals surface area contributed by atoms with Gasteiger partial charge in [-0.25, -0.2) is 8.77 Å². The zero-order chi connectivity index (χ0) is 18.0. The van der Waals surface area contributed by atoms with Gasteiger partial charge in [0.2, 0.25) is 0 Å². The minimum Gasteiger partial charge on any atom is -0.313 e. The fraction of sp³-hybridized carbons (Fsp3) is 0.286. The van der Waals surface area contributed by atoms with Crippen molar-refractivity contribution in [3.05, 3.63) is 64.2 Å². The van der Waals surface area contributed by atoms with Crippen molar-refractivity contribution in [1.82, 2.24) is 0 Å². The second-order valence-corrected chi connectivity index (χ2v) is 9.10.